The van der Waals surface area contributed by atoms with E-state index < -0.39 is 23.3 Å². The first-order valence-electron chi connectivity index (χ1n) is 5.41. The highest BCUT2D eigenvalue weighted by Crippen LogP contribution is 2.36. The second-order valence-electron chi connectivity index (χ2n) is 3.90. The second kappa shape index (κ2) is 5.34. The highest BCUT2D eigenvalue weighted by atomic mass is 35.5. The lowest BCUT2D eigenvalue weighted by Crippen LogP contribution is -2.13. The number of hydrogen-bond acceptors (Lipinski definition) is 3. The standard InChI is InChI=1S/C13H9ClF2N2O2/c14-8-5-6(17)4-7(13(18)19)12(8)20-10-3-1-2-9(15)11(10)16/h1-5H,17H2,(H2,18,19). The monoisotopic (exact) mass is 298 g/mol. The van der Waals surface area contributed by atoms with Gasteiger partial charge in [-0.05, 0) is 24.3 Å². The molecular weight excluding hydrogens is 290 g/mol. The molecule has 1 amide bonds. The maximum Gasteiger partial charge on any atom is 0.252 e. The van der Waals surface area contributed by atoms with Gasteiger partial charge in [-0.3, -0.25) is 4.79 Å². The maximum atomic E-state index is 13.5. The molecule has 2 aromatic carbocycles. The van der Waals surface area contributed by atoms with Gasteiger partial charge in [-0.15, -0.1) is 0 Å². The number of benzene rings is 2. The Kier molecular flexibility index (Phi) is 3.76. The van der Waals surface area contributed by atoms with Crippen LogP contribution in [0.3, 0.4) is 0 Å². The Hall–Kier alpha value is -2.34. The predicted molar refractivity (Wildman–Crippen MR) is 70.8 cm³/mol. The van der Waals surface area contributed by atoms with Gasteiger partial charge in [0.15, 0.2) is 17.3 Å². The van der Waals surface area contributed by atoms with Gasteiger partial charge in [0.1, 0.15) is 0 Å². The molecule has 0 unspecified atom stereocenters. The molecule has 2 rings (SSSR count). The minimum atomic E-state index is -1.20. The zero-order valence-electron chi connectivity index (χ0n) is 9.99. The summed E-state index contributed by atoms with van der Waals surface area (Å²) in [6.07, 6.45) is 0. The highest BCUT2D eigenvalue weighted by molar-refractivity contribution is 6.33. The molecule has 0 saturated carbocycles. The summed E-state index contributed by atoms with van der Waals surface area (Å²) in [5.41, 5.74) is 10.8. The van der Waals surface area contributed by atoms with Gasteiger partial charge >= 0.3 is 0 Å². The second-order valence-corrected chi connectivity index (χ2v) is 4.30. The molecule has 0 atom stereocenters. The number of anilines is 1. The predicted octanol–water partition coefficient (Wildman–Crippen LogP) is 3.09. The van der Waals surface area contributed by atoms with E-state index in [1.807, 2.05) is 0 Å². The molecule has 0 spiro atoms. The largest absolute Gasteiger partial charge is 0.452 e. The summed E-state index contributed by atoms with van der Waals surface area (Å²) in [4.78, 5) is 11.3. The molecule has 0 heterocycles. The number of nitrogen functional groups attached to an aromatic ring is 1. The normalized spacial score (nSPS) is 10.3. The Morgan fingerprint density at radius 3 is 2.60 bits per heavy atom. The van der Waals surface area contributed by atoms with Gasteiger partial charge in [-0.2, -0.15) is 4.39 Å². The van der Waals surface area contributed by atoms with Gasteiger partial charge in [0.2, 0.25) is 5.82 Å². The van der Waals surface area contributed by atoms with Gasteiger partial charge in [-0.25, -0.2) is 4.39 Å². The van der Waals surface area contributed by atoms with Crippen molar-refractivity contribution in [2.24, 2.45) is 5.73 Å². The third-order valence-corrected chi connectivity index (χ3v) is 2.74. The van der Waals surface area contributed by atoms with E-state index >= 15 is 0 Å². The fraction of sp³-hybridized carbons (Fsp3) is 0. The van der Waals surface area contributed by atoms with Crippen molar-refractivity contribution < 1.29 is 18.3 Å². The number of nitrogens with two attached hydrogens (primary N) is 2. The Morgan fingerprint density at radius 1 is 1.25 bits per heavy atom. The van der Waals surface area contributed by atoms with E-state index in [0.29, 0.717) is 0 Å². The van der Waals surface area contributed by atoms with Crippen LogP contribution in [0.1, 0.15) is 10.4 Å². The number of rotatable bonds is 3. The molecule has 4 nitrogen and oxygen atoms in total. The number of primary amides is 1. The first-order chi connectivity index (χ1) is 9.40. The molecule has 0 radical (unpaired) electrons. The molecular formula is C13H9ClF2N2O2. The van der Waals surface area contributed by atoms with Crippen LogP contribution >= 0.6 is 11.6 Å². The fourth-order valence-electron chi connectivity index (χ4n) is 1.57. The van der Waals surface area contributed by atoms with Gasteiger partial charge in [-0.1, -0.05) is 17.7 Å². The Bertz CT molecular complexity index is 692. The fourth-order valence-corrected chi connectivity index (χ4v) is 1.84. The molecule has 0 bridgehead atoms. The Labute approximate surface area is 117 Å². The van der Waals surface area contributed by atoms with Crippen molar-refractivity contribution in [3.8, 4) is 11.5 Å². The van der Waals surface area contributed by atoms with Crippen LogP contribution in [-0.2, 0) is 0 Å². The van der Waals surface area contributed by atoms with Gasteiger partial charge in [0.25, 0.3) is 5.91 Å². The number of hydrogen-bond donors (Lipinski definition) is 2. The van der Waals surface area contributed by atoms with E-state index in [9.17, 15) is 13.6 Å². The number of halogens is 3. The molecule has 104 valence electrons. The van der Waals surface area contributed by atoms with E-state index in [-0.39, 0.29) is 22.0 Å². The van der Waals surface area contributed by atoms with Crippen LogP contribution in [0, 0.1) is 11.6 Å². The minimum absolute atomic E-state index is 0.0394. The molecule has 4 N–H and O–H groups in total. The molecule has 0 aliphatic carbocycles. The molecule has 7 heteroatoms. The van der Waals surface area contributed by atoms with Crippen LogP contribution in [0.2, 0.25) is 5.02 Å². The van der Waals surface area contributed by atoms with Crippen LogP contribution < -0.4 is 16.2 Å². The average Bonchev–Trinajstić information content (AvgIpc) is 2.37. The first kappa shape index (κ1) is 14.1. The smallest absolute Gasteiger partial charge is 0.252 e. The van der Waals surface area contributed by atoms with E-state index in [4.69, 9.17) is 27.8 Å². The number of amides is 1. The van der Waals surface area contributed by atoms with E-state index in [0.717, 1.165) is 6.07 Å². The van der Waals surface area contributed by atoms with Crippen LogP contribution in [0.25, 0.3) is 0 Å². The van der Waals surface area contributed by atoms with Crippen molar-refractivity contribution in [1.29, 1.82) is 0 Å². The summed E-state index contributed by atoms with van der Waals surface area (Å²) in [6, 6.07) is 5.92. The number of carbonyl (C=O) groups is 1. The zero-order valence-corrected chi connectivity index (χ0v) is 10.7. The topological polar surface area (TPSA) is 78.3 Å². The van der Waals surface area contributed by atoms with Crippen molar-refractivity contribution in [1.82, 2.24) is 0 Å². The third-order valence-electron chi connectivity index (χ3n) is 2.46. The summed E-state index contributed by atoms with van der Waals surface area (Å²) in [5, 5.41) is -0.0394. The molecule has 0 aliphatic heterocycles. The van der Waals surface area contributed by atoms with Crippen molar-refractivity contribution in [2.75, 3.05) is 5.73 Å². The van der Waals surface area contributed by atoms with E-state index in [1.54, 1.807) is 0 Å². The van der Waals surface area contributed by atoms with Crippen molar-refractivity contribution in [2.45, 2.75) is 0 Å². The SMILES string of the molecule is NC(=O)c1cc(N)cc(Cl)c1Oc1cccc(F)c1F. The van der Waals surface area contributed by atoms with Crippen LogP contribution in [0.5, 0.6) is 11.5 Å². The van der Waals surface area contributed by atoms with Crippen LogP contribution in [0.4, 0.5) is 14.5 Å². The lowest BCUT2D eigenvalue weighted by atomic mass is 10.1. The Morgan fingerprint density at radius 2 is 1.95 bits per heavy atom. The highest BCUT2D eigenvalue weighted by Gasteiger charge is 2.18. The Balaban J connectivity index is 2.53. The van der Waals surface area contributed by atoms with Gasteiger partial charge in [0.05, 0.1) is 10.6 Å². The molecule has 20 heavy (non-hydrogen) atoms. The summed E-state index contributed by atoms with van der Waals surface area (Å²) in [7, 11) is 0. The van der Waals surface area contributed by atoms with Gasteiger partial charge in [0, 0.05) is 5.69 Å². The summed E-state index contributed by atoms with van der Waals surface area (Å²) in [5.74, 6) is -3.74. The van der Waals surface area contributed by atoms with Crippen molar-refractivity contribution >= 4 is 23.2 Å². The quantitative estimate of drug-likeness (QED) is 0.855. The lowest BCUT2D eigenvalue weighted by molar-refractivity contribution is 0.0998. The van der Waals surface area contributed by atoms with Gasteiger partial charge < -0.3 is 16.2 Å². The molecule has 0 fully saturated rings. The lowest BCUT2D eigenvalue weighted by Gasteiger charge is -2.12. The summed E-state index contributed by atoms with van der Waals surface area (Å²) >= 11 is 5.89. The molecule has 0 aliphatic rings. The number of carbonyl (C=O) groups excluding carboxylic acids is 1. The van der Waals surface area contributed by atoms with Crippen molar-refractivity contribution in [3.63, 3.8) is 0 Å². The average molecular weight is 299 g/mol. The minimum Gasteiger partial charge on any atom is -0.452 e. The maximum absolute atomic E-state index is 13.5. The first-order valence-corrected chi connectivity index (χ1v) is 5.78. The van der Waals surface area contributed by atoms with Crippen LogP contribution in [-0.4, -0.2) is 5.91 Å². The molecule has 0 aromatic heterocycles. The summed E-state index contributed by atoms with van der Waals surface area (Å²) in [6.45, 7) is 0. The third kappa shape index (κ3) is 2.65. The molecule has 0 saturated heterocycles. The van der Waals surface area contributed by atoms with E-state index in [2.05, 4.69) is 0 Å². The number of ether oxygens (including phenoxy) is 1. The van der Waals surface area contributed by atoms with E-state index in [1.165, 1.54) is 24.3 Å². The van der Waals surface area contributed by atoms with Crippen LogP contribution in [0.15, 0.2) is 30.3 Å². The zero-order chi connectivity index (χ0) is 14.9. The van der Waals surface area contributed by atoms with Crippen molar-refractivity contribution in [3.05, 3.63) is 52.6 Å². The molecule has 2 aromatic rings. The summed E-state index contributed by atoms with van der Waals surface area (Å²) < 4.78 is 31.8.